The van der Waals surface area contributed by atoms with Crippen LogP contribution in [0.25, 0.3) is 0 Å². The summed E-state index contributed by atoms with van der Waals surface area (Å²) in [6, 6.07) is 6.38. The van der Waals surface area contributed by atoms with E-state index in [2.05, 4.69) is 17.1 Å². The average molecular weight is 389 g/mol. The second-order valence-electron chi connectivity index (χ2n) is 8.41. The largest absolute Gasteiger partial charge is 0.493 e. The lowest BCUT2D eigenvalue weighted by Gasteiger charge is -2.26. The molecule has 28 heavy (non-hydrogen) atoms. The van der Waals surface area contributed by atoms with E-state index in [0.717, 1.165) is 48.8 Å². The van der Waals surface area contributed by atoms with Crippen molar-refractivity contribution in [1.82, 2.24) is 10.2 Å². The summed E-state index contributed by atoms with van der Waals surface area (Å²) in [4.78, 5) is 14.7. The first-order valence-corrected chi connectivity index (χ1v) is 11.0. The summed E-state index contributed by atoms with van der Waals surface area (Å²) in [5.74, 6) is 2.49. The number of amides is 1. The van der Waals surface area contributed by atoms with E-state index in [4.69, 9.17) is 9.47 Å². The summed E-state index contributed by atoms with van der Waals surface area (Å²) >= 11 is 0. The van der Waals surface area contributed by atoms with Crippen molar-refractivity contribution in [3.8, 4) is 11.5 Å². The van der Waals surface area contributed by atoms with Crippen molar-refractivity contribution in [2.45, 2.75) is 64.3 Å². The molecule has 0 bridgehead atoms. The highest BCUT2D eigenvalue weighted by Crippen LogP contribution is 2.29. The van der Waals surface area contributed by atoms with Gasteiger partial charge in [-0.05, 0) is 81.6 Å². The van der Waals surface area contributed by atoms with E-state index in [1.165, 1.54) is 38.8 Å². The number of carbonyl (C=O) groups is 1. The molecule has 5 nitrogen and oxygen atoms in total. The van der Waals surface area contributed by atoms with Crippen molar-refractivity contribution < 1.29 is 14.3 Å². The molecule has 156 valence electrons. The van der Waals surface area contributed by atoms with Crippen molar-refractivity contribution in [3.63, 3.8) is 0 Å². The number of methoxy groups -OCH3 is 1. The lowest BCUT2D eigenvalue weighted by Crippen LogP contribution is -2.37. The molecule has 2 aliphatic rings. The zero-order valence-corrected chi connectivity index (χ0v) is 17.5. The van der Waals surface area contributed by atoms with Gasteiger partial charge in [-0.1, -0.05) is 13.0 Å². The van der Waals surface area contributed by atoms with Crippen LogP contribution in [-0.2, 0) is 11.2 Å². The van der Waals surface area contributed by atoms with Crippen molar-refractivity contribution in [2.75, 3.05) is 33.4 Å². The van der Waals surface area contributed by atoms with E-state index in [0.29, 0.717) is 19.1 Å². The summed E-state index contributed by atoms with van der Waals surface area (Å²) in [6.07, 6.45) is 8.51. The molecule has 1 amide bonds. The molecule has 0 spiro atoms. The maximum absolute atomic E-state index is 12.3. The molecule has 1 heterocycles. The van der Waals surface area contributed by atoms with E-state index in [1.54, 1.807) is 7.11 Å². The molecular formula is C23H36N2O3. The number of nitrogens with one attached hydrogen (secondary N) is 1. The third-order valence-corrected chi connectivity index (χ3v) is 6.11. The van der Waals surface area contributed by atoms with E-state index >= 15 is 0 Å². The summed E-state index contributed by atoms with van der Waals surface area (Å²) in [7, 11) is 1.67. The number of hydrogen-bond donors (Lipinski definition) is 1. The first-order chi connectivity index (χ1) is 13.6. The molecule has 5 heteroatoms. The van der Waals surface area contributed by atoms with Crippen LogP contribution in [0, 0.1) is 5.92 Å². The predicted molar refractivity (Wildman–Crippen MR) is 112 cm³/mol. The van der Waals surface area contributed by atoms with Crippen LogP contribution in [0.15, 0.2) is 18.2 Å². The highest BCUT2D eigenvalue weighted by Gasteiger charge is 2.19. The molecule has 1 aromatic carbocycles. The van der Waals surface area contributed by atoms with Gasteiger partial charge in [-0.3, -0.25) is 9.69 Å². The predicted octanol–water partition coefficient (Wildman–Crippen LogP) is 3.80. The number of benzene rings is 1. The van der Waals surface area contributed by atoms with Crippen LogP contribution >= 0.6 is 0 Å². The number of nitrogens with zero attached hydrogens (tertiary/aromatic N) is 1. The quantitative estimate of drug-likeness (QED) is 0.699. The van der Waals surface area contributed by atoms with Gasteiger partial charge in [0, 0.05) is 19.0 Å². The van der Waals surface area contributed by atoms with Crippen LogP contribution in [0.2, 0.25) is 0 Å². The summed E-state index contributed by atoms with van der Waals surface area (Å²) < 4.78 is 11.4. The minimum absolute atomic E-state index is 0.157. The Kier molecular flexibility index (Phi) is 8.01. The second-order valence-corrected chi connectivity index (χ2v) is 8.41. The Morgan fingerprint density at radius 3 is 2.61 bits per heavy atom. The van der Waals surface area contributed by atoms with Crippen LogP contribution in [0.4, 0.5) is 0 Å². The summed E-state index contributed by atoms with van der Waals surface area (Å²) in [6.45, 7) is 6.30. The fourth-order valence-electron chi connectivity index (χ4n) is 4.24. The van der Waals surface area contributed by atoms with Gasteiger partial charge in [-0.2, -0.15) is 0 Å². The molecule has 1 aliphatic carbocycles. The Bertz CT molecular complexity index is 620. The lowest BCUT2D eigenvalue weighted by molar-refractivity contribution is -0.122. The second kappa shape index (κ2) is 10.7. The van der Waals surface area contributed by atoms with Gasteiger partial charge in [0.25, 0.3) is 0 Å². The number of rotatable bonds is 9. The number of carbonyl (C=O) groups excluding carboxylic acids is 1. The van der Waals surface area contributed by atoms with Gasteiger partial charge in [0.15, 0.2) is 11.5 Å². The van der Waals surface area contributed by atoms with Crippen LogP contribution in [0.1, 0.15) is 57.4 Å². The Balaban J connectivity index is 1.42. The molecule has 1 saturated heterocycles. The third kappa shape index (κ3) is 6.40. The average Bonchev–Trinajstić information content (AvgIpc) is 3.22. The van der Waals surface area contributed by atoms with Gasteiger partial charge in [0.1, 0.15) is 6.61 Å². The van der Waals surface area contributed by atoms with Gasteiger partial charge in [-0.15, -0.1) is 0 Å². The third-order valence-electron chi connectivity index (χ3n) is 6.11. The van der Waals surface area contributed by atoms with Gasteiger partial charge in [0.05, 0.1) is 7.11 Å². The fraction of sp³-hybridized carbons (Fsp3) is 0.696. The van der Waals surface area contributed by atoms with Gasteiger partial charge >= 0.3 is 0 Å². The molecule has 0 unspecified atom stereocenters. The minimum Gasteiger partial charge on any atom is -0.493 e. The summed E-state index contributed by atoms with van der Waals surface area (Å²) in [5.41, 5.74) is 1.11. The SMILES string of the molecule is COc1cc(CCC(=O)N[C@H]2CC[C@H](C)CC2)ccc1OCCN1CCCC1. The highest BCUT2D eigenvalue weighted by molar-refractivity contribution is 5.76. The molecule has 2 fully saturated rings. The standard InChI is InChI=1S/C23H36N2O3/c1-18-5-9-20(10-6-18)24-23(26)12-8-19-7-11-21(22(17-19)27-2)28-16-15-25-13-3-4-14-25/h7,11,17-18,20H,3-6,8-10,12-16H2,1-2H3,(H,24,26)/t18-,20-. The van der Waals surface area contributed by atoms with E-state index in [9.17, 15) is 4.79 Å². The first-order valence-electron chi connectivity index (χ1n) is 11.0. The molecular weight excluding hydrogens is 352 g/mol. The maximum Gasteiger partial charge on any atom is 0.220 e. The van der Waals surface area contributed by atoms with Gasteiger partial charge < -0.3 is 14.8 Å². The van der Waals surface area contributed by atoms with Crippen molar-refractivity contribution >= 4 is 5.91 Å². The van der Waals surface area contributed by atoms with Crippen LogP contribution in [-0.4, -0.2) is 50.2 Å². The van der Waals surface area contributed by atoms with Crippen LogP contribution in [0.5, 0.6) is 11.5 Å². The van der Waals surface area contributed by atoms with Crippen LogP contribution in [0.3, 0.4) is 0 Å². The highest BCUT2D eigenvalue weighted by atomic mass is 16.5. The smallest absolute Gasteiger partial charge is 0.220 e. The molecule has 1 saturated carbocycles. The van der Waals surface area contributed by atoms with Crippen molar-refractivity contribution in [3.05, 3.63) is 23.8 Å². The topological polar surface area (TPSA) is 50.8 Å². The van der Waals surface area contributed by atoms with Crippen molar-refractivity contribution in [1.29, 1.82) is 0 Å². The zero-order valence-electron chi connectivity index (χ0n) is 17.5. The molecule has 1 aromatic rings. The fourth-order valence-corrected chi connectivity index (χ4v) is 4.24. The number of ether oxygens (including phenoxy) is 2. The van der Waals surface area contributed by atoms with E-state index < -0.39 is 0 Å². The van der Waals surface area contributed by atoms with E-state index in [1.807, 2.05) is 18.2 Å². The Hall–Kier alpha value is -1.75. The number of likely N-dealkylation sites (tertiary alicyclic amines) is 1. The van der Waals surface area contributed by atoms with Gasteiger partial charge in [0.2, 0.25) is 5.91 Å². The Labute approximate surface area is 169 Å². The zero-order chi connectivity index (χ0) is 19.8. The van der Waals surface area contributed by atoms with Crippen LogP contribution < -0.4 is 14.8 Å². The molecule has 1 aliphatic heterocycles. The molecule has 0 radical (unpaired) electrons. The molecule has 1 N–H and O–H groups in total. The monoisotopic (exact) mass is 388 g/mol. The normalized spacial score (nSPS) is 22.8. The number of aryl methyl sites for hydroxylation is 1. The Morgan fingerprint density at radius 2 is 1.89 bits per heavy atom. The first kappa shape index (κ1) is 21.0. The molecule has 0 aromatic heterocycles. The lowest BCUT2D eigenvalue weighted by atomic mass is 9.87. The van der Waals surface area contributed by atoms with Crippen molar-refractivity contribution in [2.24, 2.45) is 5.92 Å². The molecule has 3 rings (SSSR count). The maximum atomic E-state index is 12.3. The van der Waals surface area contributed by atoms with Gasteiger partial charge in [-0.25, -0.2) is 0 Å². The Morgan fingerprint density at radius 1 is 1.14 bits per heavy atom. The molecule has 0 atom stereocenters. The minimum atomic E-state index is 0.157. The number of hydrogen-bond acceptors (Lipinski definition) is 4. The summed E-state index contributed by atoms with van der Waals surface area (Å²) in [5, 5.41) is 3.20. The van der Waals surface area contributed by atoms with E-state index in [-0.39, 0.29) is 5.91 Å².